The van der Waals surface area contributed by atoms with Crippen LogP contribution in [0.2, 0.25) is 0 Å². The third-order valence-electron chi connectivity index (χ3n) is 6.09. The summed E-state index contributed by atoms with van der Waals surface area (Å²) in [6.45, 7) is 2.01. The Kier molecular flexibility index (Phi) is 4.23. The van der Waals surface area contributed by atoms with Gasteiger partial charge in [0, 0.05) is 45.6 Å². The van der Waals surface area contributed by atoms with Crippen molar-refractivity contribution in [2.45, 2.75) is 6.04 Å². The van der Waals surface area contributed by atoms with Crippen molar-refractivity contribution >= 4 is 28.8 Å². The standard InChI is InChI=1S/C20H23FN8O/c1-27(2)20(30)29-9-12-8-28(18-14-7-23-26-17(14)24-19(22)25-18)10-15(12)16(29)11-4-3-5-13(21)6-11/h3-7,12,15-16H,8-10H2,1-2H3,(H3,22,23,24,25,26)/t12-,15-,16+/m1/s1. The second-order valence-electron chi connectivity index (χ2n) is 8.20. The predicted molar refractivity (Wildman–Crippen MR) is 110 cm³/mol. The van der Waals surface area contributed by atoms with Crippen LogP contribution >= 0.6 is 0 Å². The van der Waals surface area contributed by atoms with Crippen LogP contribution in [0.15, 0.2) is 30.5 Å². The molecule has 30 heavy (non-hydrogen) atoms. The fraction of sp³-hybridized carbons (Fsp3) is 0.400. The molecule has 156 valence electrons. The zero-order chi connectivity index (χ0) is 21.0. The van der Waals surface area contributed by atoms with E-state index in [1.807, 2.05) is 11.0 Å². The van der Waals surface area contributed by atoms with E-state index in [1.54, 1.807) is 31.3 Å². The van der Waals surface area contributed by atoms with E-state index in [2.05, 4.69) is 25.1 Å². The van der Waals surface area contributed by atoms with E-state index in [4.69, 9.17) is 5.73 Å². The van der Waals surface area contributed by atoms with Crippen molar-refractivity contribution in [3.63, 3.8) is 0 Å². The van der Waals surface area contributed by atoms with E-state index in [0.29, 0.717) is 18.7 Å². The lowest BCUT2D eigenvalue weighted by atomic mass is 9.89. The van der Waals surface area contributed by atoms with Crippen molar-refractivity contribution in [1.29, 1.82) is 0 Å². The summed E-state index contributed by atoms with van der Waals surface area (Å²) in [6.07, 6.45) is 1.70. The molecule has 1 aromatic carbocycles. The number of hydrogen-bond acceptors (Lipinski definition) is 6. The van der Waals surface area contributed by atoms with Crippen molar-refractivity contribution < 1.29 is 9.18 Å². The molecule has 9 nitrogen and oxygen atoms in total. The van der Waals surface area contributed by atoms with Gasteiger partial charge < -0.3 is 20.4 Å². The molecule has 0 bridgehead atoms. The van der Waals surface area contributed by atoms with Gasteiger partial charge in [-0.1, -0.05) is 12.1 Å². The number of nitrogen functional groups attached to an aromatic ring is 1. The number of amides is 2. The van der Waals surface area contributed by atoms with Gasteiger partial charge in [0.1, 0.15) is 11.6 Å². The summed E-state index contributed by atoms with van der Waals surface area (Å²) >= 11 is 0. The summed E-state index contributed by atoms with van der Waals surface area (Å²) in [6, 6.07) is 6.28. The maximum absolute atomic E-state index is 14.0. The number of nitrogens with one attached hydrogen (secondary N) is 1. The Bertz CT molecular complexity index is 1120. The average molecular weight is 410 g/mol. The molecule has 2 fully saturated rings. The maximum atomic E-state index is 14.0. The summed E-state index contributed by atoms with van der Waals surface area (Å²) in [4.78, 5) is 27.1. The van der Waals surface area contributed by atoms with Crippen LogP contribution in [-0.2, 0) is 0 Å². The maximum Gasteiger partial charge on any atom is 0.320 e. The van der Waals surface area contributed by atoms with Crippen LogP contribution in [0.1, 0.15) is 11.6 Å². The van der Waals surface area contributed by atoms with E-state index in [1.165, 1.54) is 12.1 Å². The Hall–Kier alpha value is -3.43. The highest BCUT2D eigenvalue weighted by Crippen LogP contribution is 2.46. The Balaban J connectivity index is 1.51. The fourth-order valence-corrected chi connectivity index (χ4v) is 4.87. The quantitative estimate of drug-likeness (QED) is 0.668. The van der Waals surface area contributed by atoms with Gasteiger partial charge in [0.05, 0.1) is 17.6 Å². The normalized spacial score (nSPS) is 23.2. The first-order valence-corrected chi connectivity index (χ1v) is 9.87. The van der Waals surface area contributed by atoms with Crippen molar-refractivity contribution in [3.05, 3.63) is 41.8 Å². The Morgan fingerprint density at radius 1 is 1.27 bits per heavy atom. The molecule has 2 aliphatic heterocycles. The van der Waals surface area contributed by atoms with Gasteiger partial charge in [-0.3, -0.25) is 5.10 Å². The molecule has 2 aliphatic rings. The molecule has 2 amide bonds. The lowest BCUT2D eigenvalue weighted by molar-refractivity contribution is 0.159. The van der Waals surface area contributed by atoms with Crippen molar-refractivity contribution in [1.82, 2.24) is 30.0 Å². The molecule has 3 N–H and O–H groups in total. The molecule has 0 aliphatic carbocycles. The molecule has 3 aromatic rings. The van der Waals surface area contributed by atoms with Gasteiger partial charge in [0.15, 0.2) is 5.65 Å². The number of rotatable bonds is 2. The third kappa shape index (κ3) is 2.90. The van der Waals surface area contributed by atoms with Crippen molar-refractivity contribution in [3.8, 4) is 0 Å². The summed E-state index contributed by atoms with van der Waals surface area (Å²) in [5.41, 5.74) is 7.31. The minimum atomic E-state index is -0.299. The third-order valence-corrected chi connectivity index (χ3v) is 6.09. The van der Waals surface area contributed by atoms with Crippen LogP contribution in [0.25, 0.3) is 11.0 Å². The summed E-state index contributed by atoms with van der Waals surface area (Å²) in [5.74, 6) is 1.01. The summed E-state index contributed by atoms with van der Waals surface area (Å²) < 4.78 is 14.0. The van der Waals surface area contributed by atoms with Gasteiger partial charge >= 0.3 is 6.03 Å². The lowest BCUT2D eigenvalue weighted by Crippen LogP contribution is -2.41. The average Bonchev–Trinajstić information content (AvgIpc) is 3.40. The fourth-order valence-electron chi connectivity index (χ4n) is 4.87. The molecule has 3 atom stereocenters. The highest BCUT2D eigenvalue weighted by atomic mass is 19.1. The molecule has 5 rings (SSSR count). The number of hydrogen-bond donors (Lipinski definition) is 2. The zero-order valence-electron chi connectivity index (χ0n) is 16.8. The smallest absolute Gasteiger partial charge is 0.320 e. The van der Waals surface area contributed by atoms with E-state index in [-0.39, 0.29) is 35.7 Å². The Labute approximate surface area is 172 Å². The molecular weight excluding hydrogens is 387 g/mol. The second kappa shape index (κ2) is 6.82. The monoisotopic (exact) mass is 410 g/mol. The number of nitrogens with zero attached hydrogens (tertiary/aromatic N) is 6. The minimum absolute atomic E-state index is 0.0614. The Morgan fingerprint density at radius 2 is 2.10 bits per heavy atom. The highest BCUT2D eigenvalue weighted by Gasteiger charge is 2.50. The topological polar surface area (TPSA) is 107 Å². The second-order valence-corrected chi connectivity index (χ2v) is 8.20. The molecule has 0 spiro atoms. The van der Waals surface area contributed by atoms with Gasteiger partial charge in [-0.2, -0.15) is 15.1 Å². The SMILES string of the molecule is CN(C)C(=O)N1C[C@H]2CN(c3nc(N)nc4[nH]ncc34)C[C@H]2[C@@H]1c1cccc(F)c1. The van der Waals surface area contributed by atoms with Crippen LogP contribution in [0.4, 0.5) is 21.0 Å². The first-order chi connectivity index (χ1) is 14.4. The molecule has 4 heterocycles. The molecule has 10 heteroatoms. The number of aromatic nitrogens is 4. The van der Waals surface area contributed by atoms with E-state index < -0.39 is 0 Å². The number of likely N-dealkylation sites (tertiary alicyclic amines) is 1. The number of benzene rings is 1. The summed E-state index contributed by atoms with van der Waals surface area (Å²) in [5, 5.41) is 7.72. The number of H-pyrrole nitrogens is 1. The molecule has 2 saturated heterocycles. The highest BCUT2D eigenvalue weighted by molar-refractivity contribution is 5.87. The van der Waals surface area contributed by atoms with Gasteiger partial charge in [-0.15, -0.1) is 0 Å². The lowest BCUT2D eigenvalue weighted by Gasteiger charge is -2.32. The predicted octanol–water partition coefficient (Wildman–Crippen LogP) is 1.87. The molecule has 0 radical (unpaired) electrons. The van der Waals surface area contributed by atoms with Crippen LogP contribution < -0.4 is 10.6 Å². The number of carbonyl (C=O) groups excluding carboxylic acids is 1. The molecule has 2 aromatic heterocycles. The zero-order valence-corrected chi connectivity index (χ0v) is 16.8. The van der Waals surface area contributed by atoms with Gasteiger partial charge in [0.2, 0.25) is 5.95 Å². The van der Waals surface area contributed by atoms with Gasteiger partial charge in [-0.05, 0) is 17.7 Å². The van der Waals surface area contributed by atoms with Crippen LogP contribution in [0, 0.1) is 17.7 Å². The van der Waals surface area contributed by atoms with Crippen LogP contribution in [0.3, 0.4) is 0 Å². The summed E-state index contributed by atoms with van der Waals surface area (Å²) in [7, 11) is 3.48. The molecule has 0 unspecified atom stereocenters. The number of urea groups is 1. The largest absolute Gasteiger partial charge is 0.368 e. The van der Waals surface area contributed by atoms with E-state index in [0.717, 1.165) is 23.3 Å². The first kappa shape index (κ1) is 18.6. The number of fused-ring (bicyclic) bond motifs is 2. The van der Waals surface area contributed by atoms with Crippen LogP contribution in [0.5, 0.6) is 0 Å². The number of aromatic amines is 1. The number of anilines is 2. The van der Waals surface area contributed by atoms with E-state index in [9.17, 15) is 9.18 Å². The number of carbonyl (C=O) groups is 1. The Morgan fingerprint density at radius 3 is 2.87 bits per heavy atom. The van der Waals surface area contributed by atoms with Gasteiger partial charge in [0.25, 0.3) is 0 Å². The first-order valence-electron chi connectivity index (χ1n) is 9.87. The van der Waals surface area contributed by atoms with E-state index >= 15 is 0 Å². The minimum Gasteiger partial charge on any atom is -0.368 e. The van der Waals surface area contributed by atoms with Crippen LogP contribution in [-0.4, -0.2) is 69.7 Å². The van der Waals surface area contributed by atoms with Crippen molar-refractivity contribution in [2.24, 2.45) is 11.8 Å². The number of nitrogens with two attached hydrogens (primary N) is 1. The molecular formula is C20H23FN8O. The number of halogens is 1. The molecule has 0 saturated carbocycles. The van der Waals surface area contributed by atoms with Gasteiger partial charge in [-0.25, -0.2) is 9.18 Å². The van der Waals surface area contributed by atoms with Crippen molar-refractivity contribution in [2.75, 3.05) is 44.4 Å².